The number of ether oxygens (including phenoxy) is 2. The molecule has 0 aliphatic rings. The number of guanidine groups is 1. The van der Waals surface area contributed by atoms with Crippen LogP contribution in [0.3, 0.4) is 0 Å². The lowest BCUT2D eigenvalue weighted by molar-refractivity contribution is 0.146. The van der Waals surface area contributed by atoms with E-state index in [9.17, 15) is 5.11 Å². The predicted octanol–water partition coefficient (Wildman–Crippen LogP) is 3.72. The van der Waals surface area contributed by atoms with Crippen molar-refractivity contribution in [2.24, 2.45) is 4.99 Å². The van der Waals surface area contributed by atoms with E-state index in [0.29, 0.717) is 32.3 Å². The Hall–Kier alpha value is -2.61. The van der Waals surface area contributed by atoms with E-state index in [2.05, 4.69) is 27.8 Å². The van der Waals surface area contributed by atoms with Crippen LogP contribution in [0.5, 0.6) is 5.75 Å². The van der Waals surface area contributed by atoms with Crippen molar-refractivity contribution in [3.63, 3.8) is 0 Å². The van der Waals surface area contributed by atoms with Crippen molar-refractivity contribution >= 4 is 27.4 Å². The first-order valence-electron chi connectivity index (χ1n) is 10.1. The molecule has 0 aliphatic heterocycles. The van der Waals surface area contributed by atoms with Crippen LogP contribution in [0, 0.1) is 0 Å². The van der Waals surface area contributed by atoms with Gasteiger partial charge in [0.25, 0.3) is 0 Å². The number of aliphatic hydroxyl groups excluding tert-OH is 1. The van der Waals surface area contributed by atoms with Crippen molar-refractivity contribution in [2.45, 2.75) is 19.6 Å². The molecule has 3 aromatic rings. The van der Waals surface area contributed by atoms with Gasteiger partial charge in [0.1, 0.15) is 18.5 Å². The van der Waals surface area contributed by atoms with Gasteiger partial charge < -0.3 is 25.2 Å². The predicted molar refractivity (Wildman–Crippen MR) is 123 cm³/mol. The Balaban J connectivity index is 1.58. The van der Waals surface area contributed by atoms with Crippen LogP contribution >= 0.6 is 11.3 Å². The Morgan fingerprint density at radius 3 is 2.77 bits per heavy atom. The molecule has 0 fully saturated rings. The number of thiophene rings is 1. The van der Waals surface area contributed by atoms with Crippen molar-refractivity contribution in [1.82, 2.24) is 10.6 Å². The molecule has 1 aromatic heterocycles. The van der Waals surface area contributed by atoms with Crippen molar-refractivity contribution in [3.8, 4) is 5.75 Å². The molecule has 0 amide bonds. The topological polar surface area (TPSA) is 75.1 Å². The molecule has 30 heavy (non-hydrogen) atoms. The minimum Gasteiger partial charge on any atom is -0.491 e. The lowest BCUT2D eigenvalue weighted by Gasteiger charge is -2.14. The molecule has 2 aromatic carbocycles. The first-order chi connectivity index (χ1) is 14.7. The minimum atomic E-state index is -0.594. The zero-order chi connectivity index (χ0) is 21.2. The van der Waals surface area contributed by atoms with Crippen LogP contribution in [0.2, 0.25) is 0 Å². The zero-order valence-electron chi connectivity index (χ0n) is 17.4. The molecule has 0 saturated heterocycles. The van der Waals surface area contributed by atoms with Gasteiger partial charge in [0, 0.05) is 29.8 Å². The first kappa shape index (κ1) is 22.1. The molecule has 0 radical (unpaired) electrons. The number of rotatable bonds is 10. The molecule has 7 heteroatoms. The lowest BCUT2D eigenvalue weighted by Crippen LogP contribution is -2.39. The number of aliphatic imine (C=N–C) groups is 1. The summed E-state index contributed by atoms with van der Waals surface area (Å²) in [4.78, 5) is 5.58. The van der Waals surface area contributed by atoms with Gasteiger partial charge in [-0.25, -0.2) is 4.99 Å². The Labute approximate surface area is 181 Å². The highest BCUT2D eigenvalue weighted by Crippen LogP contribution is 2.29. The molecule has 6 nitrogen and oxygen atoms in total. The van der Waals surface area contributed by atoms with Crippen LogP contribution in [0.15, 0.2) is 59.6 Å². The van der Waals surface area contributed by atoms with Crippen molar-refractivity contribution in [2.75, 3.05) is 33.4 Å². The molecule has 0 bridgehead atoms. The summed E-state index contributed by atoms with van der Waals surface area (Å²) in [5.74, 6) is 1.47. The van der Waals surface area contributed by atoms with E-state index in [1.807, 2.05) is 49.4 Å². The molecule has 3 N–H and O–H groups in total. The average molecular weight is 428 g/mol. The summed E-state index contributed by atoms with van der Waals surface area (Å²) in [7, 11) is 1.65. The first-order valence-corrected chi connectivity index (χ1v) is 10.9. The van der Waals surface area contributed by atoms with Crippen molar-refractivity contribution < 1.29 is 14.6 Å². The average Bonchev–Trinajstić information content (AvgIpc) is 3.20. The fourth-order valence-electron chi connectivity index (χ4n) is 2.95. The van der Waals surface area contributed by atoms with Crippen LogP contribution < -0.4 is 15.4 Å². The van der Waals surface area contributed by atoms with Crippen LogP contribution in [-0.2, 0) is 11.3 Å². The highest BCUT2D eigenvalue weighted by Gasteiger charge is 2.12. The monoisotopic (exact) mass is 427 g/mol. The second kappa shape index (κ2) is 11.5. The van der Waals surface area contributed by atoms with E-state index in [-0.39, 0.29) is 0 Å². The Kier molecular flexibility index (Phi) is 8.50. The summed E-state index contributed by atoms with van der Waals surface area (Å²) in [5, 5.41) is 18.2. The largest absolute Gasteiger partial charge is 0.491 e. The van der Waals surface area contributed by atoms with Gasteiger partial charge in [-0.05, 0) is 42.1 Å². The van der Waals surface area contributed by atoms with Gasteiger partial charge >= 0.3 is 0 Å². The van der Waals surface area contributed by atoms with Gasteiger partial charge in [0.15, 0.2) is 5.96 Å². The second-order valence-electron chi connectivity index (χ2n) is 6.77. The van der Waals surface area contributed by atoms with Gasteiger partial charge in [-0.1, -0.05) is 30.3 Å². The third kappa shape index (κ3) is 6.45. The Morgan fingerprint density at radius 2 is 1.97 bits per heavy atom. The number of nitrogens with one attached hydrogen (secondary N) is 2. The fraction of sp³-hybridized carbons (Fsp3) is 0.348. The Morgan fingerprint density at radius 1 is 1.10 bits per heavy atom. The van der Waals surface area contributed by atoms with Gasteiger partial charge in [0.2, 0.25) is 0 Å². The second-order valence-corrected chi connectivity index (χ2v) is 7.88. The van der Waals surface area contributed by atoms with Gasteiger partial charge in [-0.15, -0.1) is 11.3 Å². The molecular formula is C23H29N3O3S. The van der Waals surface area contributed by atoms with Gasteiger partial charge in [0.05, 0.1) is 13.2 Å². The molecule has 1 heterocycles. The number of aliphatic hydroxyl groups is 1. The van der Waals surface area contributed by atoms with E-state index in [4.69, 9.17) is 9.47 Å². The van der Waals surface area contributed by atoms with E-state index in [1.165, 1.54) is 4.70 Å². The molecule has 160 valence electrons. The third-order valence-electron chi connectivity index (χ3n) is 4.45. The van der Waals surface area contributed by atoms with Crippen molar-refractivity contribution in [3.05, 3.63) is 65.0 Å². The number of benzene rings is 2. The Bertz CT molecular complexity index is 925. The summed E-state index contributed by atoms with van der Waals surface area (Å²) in [6.45, 7) is 4.73. The standard InChI is InChI=1S/C23H29N3O3S/c1-3-24-23(25-15-17-7-6-9-19(13-17)29-12-11-28-2)26-16-20(27)22-14-18-8-4-5-10-21(18)30-22/h4-10,13-14,20,27H,3,11-12,15-16H2,1-2H3,(H2,24,25,26). The molecule has 3 rings (SSSR count). The maximum absolute atomic E-state index is 10.6. The zero-order valence-corrected chi connectivity index (χ0v) is 18.2. The lowest BCUT2D eigenvalue weighted by atomic mass is 10.2. The van der Waals surface area contributed by atoms with E-state index in [1.54, 1.807) is 18.4 Å². The summed E-state index contributed by atoms with van der Waals surface area (Å²) in [5.41, 5.74) is 1.05. The maximum atomic E-state index is 10.6. The minimum absolute atomic E-state index is 0.388. The van der Waals surface area contributed by atoms with Crippen LogP contribution in [0.4, 0.5) is 0 Å². The van der Waals surface area contributed by atoms with Crippen molar-refractivity contribution in [1.29, 1.82) is 0 Å². The molecule has 0 aliphatic carbocycles. The van der Waals surface area contributed by atoms with Crippen LogP contribution in [0.25, 0.3) is 10.1 Å². The highest BCUT2D eigenvalue weighted by atomic mass is 32.1. The normalized spacial score (nSPS) is 12.7. The van der Waals surface area contributed by atoms with E-state index >= 15 is 0 Å². The molecule has 1 atom stereocenters. The summed E-state index contributed by atoms with van der Waals surface area (Å²) < 4.78 is 11.8. The van der Waals surface area contributed by atoms with E-state index in [0.717, 1.165) is 28.1 Å². The smallest absolute Gasteiger partial charge is 0.191 e. The maximum Gasteiger partial charge on any atom is 0.191 e. The molecule has 0 saturated carbocycles. The number of methoxy groups -OCH3 is 1. The molecule has 1 unspecified atom stereocenters. The number of nitrogens with zero attached hydrogens (tertiary/aromatic N) is 1. The number of hydrogen-bond acceptors (Lipinski definition) is 5. The fourth-order valence-corrected chi connectivity index (χ4v) is 4.00. The van der Waals surface area contributed by atoms with Crippen LogP contribution in [0.1, 0.15) is 23.5 Å². The van der Waals surface area contributed by atoms with Gasteiger partial charge in [-0.2, -0.15) is 0 Å². The molecular weight excluding hydrogens is 398 g/mol. The highest BCUT2D eigenvalue weighted by molar-refractivity contribution is 7.19. The SMILES string of the molecule is CCNC(=NCc1cccc(OCCOC)c1)NCC(O)c1cc2ccccc2s1. The quantitative estimate of drug-likeness (QED) is 0.261. The van der Waals surface area contributed by atoms with Crippen LogP contribution in [-0.4, -0.2) is 44.5 Å². The summed E-state index contributed by atoms with van der Waals surface area (Å²) >= 11 is 1.62. The van der Waals surface area contributed by atoms with Gasteiger partial charge in [-0.3, -0.25) is 0 Å². The molecule has 0 spiro atoms. The number of fused-ring (bicyclic) bond motifs is 1. The number of hydrogen-bond donors (Lipinski definition) is 3. The summed E-state index contributed by atoms with van der Waals surface area (Å²) in [6.07, 6.45) is -0.594. The summed E-state index contributed by atoms with van der Waals surface area (Å²) in [6, 6.07) is 18.1. The van der Waals surface area contributed by atoms with E-state index < -0.39 is 6.10 Å². The third-order valence-corrected chi connectivity index (χ3v) is 5.67.